The molecule has 1 aliphatic heterocycles. The van der Waals surface area contributed by atoms with Crippen LogP contribution in [-0.4, -0.2) is 46.1 Å². The number of aliphatic hydroxyl groups excluding tert-OH is 1. The van der Waals surface area contributed by atoms with Crippen LogP contribution >= 0.6 is 0 Å². The van der Waals surface area contributed by atoms with Crippen LogP contribution in [-0.2, 0) is 21.5 Å². The first-order chi connectivity index (χ1) is 16.7. The summed E-state index contributed by atoms with van der Waals surface area (Å²) in [6.45, 7) is 6.90. The summed E-state index contributed by atoms with van der Waals surface area (Å²) < 4.78 is 5.43. The molecule has 1 saturated heterocycles. The molecule has 4 rings (SSSR count). The highest BCUT2D eigenvalue weighted by molar-refractivity contribution is 6.04. The number of morpholine rings is 1. The smallest absolute Gasteiger partial charge is 0.255 e. The second kappa shape index (κ2) is 10.4. The summed E-state index contributed by atoms with van der Waals surface area (Å²) in [5, 5.41) is 14.0. The number of benzene rings is 2. The van der Waals surface area contributed by atoms with E-state index in [-0.39, 0.29) is 30.4 Å². The van der Waals surface area contributed by atoms with Crippen LogP contribution in [0.15, 0.2) is 72.9 Å². The number of pyridine rings is 1. The maximum absolute atomic E-state index is 12.7. The first kappa shape index (κ1) is 24.6. The minimum atomic E-state index is -0.947. The molecule has 0 spiro atoms. The number of aromatic nitrogens is 1. The van der Waals surface area contributed by atoms with E-state index in [1.54, 1.807) is 35.4 Å². The van der Waals surface area contributed by atoms with Gasteiger partial charge >= 0.3 is 0 Å². The maximum atomic E-state index is 12.7. The molecule has 2 aromatic carbocycles. The SMILES string of the molecule is CC(C)(C)c1ccc(C(=O)Nc2ccc(C(O)[C@H]3COCC(=O)N3Cc3ccccn3)cc2)cc1. The standard InChI is InChI=1S/C28H31N3O4/c1-28(2,3)21-11-7-20(8-12-21)27(34)30-22-13-9-19(10-14-22)26(33)24-17-35-18-25(32)31(24)16-23-6-4-5-15-29-23/h4-15,24,26,33H,16-18H2,1-3H3,(H,30,34)/t24-,26?/m1/s1. The van der Waals surface area contributed by atoms with Gasteiger partial charge in [0.2, 0.25) is 5.91 Å². The van der Waals surface area contributed by atoms with Crippen LogP contribution in [0.4, 0.5) is 5.69 Å². The molecule has 2 heterocycles. The van der Waals surface area contributed by atoms with Crippen molar-refractivity contribution in [3.8, 4) is 0 Å². The second-order valence-corrected chi connectivity index (χ2v) is 9.77. The monoisotopic (exact) mass is 473 g/mol. The Hall–Kier alpha value is -3.55. The molecule has 3 aromatic rings. The Morgan fingerprint density at radius 2 is 1.83 bits per heavy atom. The Bertz CT molecular complexity index is 1160. The number of carbonyl (C=O) groups is 2. The minimum Gasteiger partial charge on any atom is -0.386 e. The molecular formula is C28H31N3O4. The van der Waals surface area contributed by atoms with E-state index in [0.29, 0.717) is 23.4 Å². The summed E-state index contributed by atoms with van der Waals surface area (Å²) in [6.07, 6.45) is 0.732. The van der Waals surface area contributed by atoms with E-state index in [2.05, 4.69) is 31.1 Å². The third kappa shape index (κ3) is 5.93. The molecule has 1 aromatic heterocycles. The van der Waals surface area contributed by atoms with Gasteiger partial charge in [-0.1, -0.05) is 51.1 Å². The number of amides is 2. The third-order valence-electron chi connectivity index (χ3n) is 6.18. The number of ether oxygens (including phenoxy) is 1. The quantitative estimate of drug-likeness (QED) is 0.563. The Kier molecular flexibility index (Phi) is 7.28. The van der Waals surface area contributed by atoms with Gasteiger partial charge in [0.05, 0.1) is 24.9 Å². The molecule has 2 amide bonds. The molecule has 0 radical (unpaired) electrons. The molecule has 182 valence electrons. The largest absolute Gasteiger partial charge is 0.386 e. The van der Waals surface area contributed by atoms with Crippen molar-refractivity contribution in [1.82, 2.24) is 9.88 Å². The van der Waals surface area contributed by atoms with E-state index in [1.807, 2.05) is 42.5 Å². The van der Waals surface area contributed by atoms with Gasteiger partial charge in [0, 0.05) is 17.4 Å². The highest BCUT2D eigenvalue weighted by Crippen LogP contribution is 2.27. The number of anilines is 1. The van der Waals surface area contributed by atoms with Crippen LogP contribution in [0.5, 0.6) is 0 Å². The van der Waals surface area contributed by atoms with Gasteiger partial charge in [0.25, 0.3) is 5.91 Å². The number of nitrogens with one attached hydrogen (secondary N) is 1. The Balaban J connectivity index is 1.43. The van der Waals surface area contributed by atoms with Crippen LogP contribution < -0.4 is 5.32 Å². The molecule has 1 fully saturated rings. The Morgan fingerprint density at radius 1 is 1.11 bits per heavy atom. The minimum absolute atomic E-state index is 0.0161. The average molecular weight is 474 g/mol. The van der Waals surface area contributed by atoms with Gasteiger partial charge < -0.3 is 20.1 Å². The zero-order valence-corrected chi connectivity index (χ0v) is 20.3. The molecule has 0 bridgehead atoms. The predicted octanol–water partition coefficient (Wildman–Crippen LogP) is 4.09. The number of hydrogen-bond acceptors (Lipinski definition) is 5. The molecule has 2 atom stereocenters. The number of aliphatic hydroxyl groups is 1. The zero-order valence-electron chi connectivity index (χ0n) is 20.3. The van der Waals surface area contributed by atoms with E-state index >= 15 is 0 Å². The average Bonchev–Trinajstić information content (AvgIpc) is 2.85. The lowest BCUT2D eigenvalue weighted by molar-refractivity contribution is -0.155. The molecule has 7 heteroatoms. The van der Waals surface area contributed by atoms with Gasteiger partial charge in [0.15, 0.2) is 0 Å². The predicted molar refractivity (Wildman–Crippen MR) is 134 cm³/mol. The summed E-state index contributed by atoms with van der Waals surface area (Å²) in [7, 11) is 0. The number of hydrogen-bond donors (Lipinski definition) is 2. The fourth-order valence-electron chi connectivity index (χ4n) is 4.07. The fraction of sp³-hybridized carbons (Fsp3) is 0.321. The van der Waals surface area contributed by atoms with Crippen molar-refractivity contribution in [3.05, 3.63) is 95.3 Å². The highest BCUT2D eigenvalue weighted by atomic mass is 16.5. The summed E-state index contributed by atoms with van der Waals surface area (Å²) in [5.41, 5.74) is 3.75. The molecule has 7 nitrogen and oxygen atoms in total. The van der Waals surface area contributed by atoms with Crippen molar-refractivity contribution in [2.24, 2.45) is 0 Å². The molecular weight excluding hydrogens is 442 g/mol. The van der Waals surface area contributed by atoms with Crippen molar-refractivity contribution in [2.75, 3.05) is 18.5 Å². The van der Waals surface area contributed by atoms with Gasteiger partial charge in [-0.2, -0.15) is 0 Å². The topological polar surface area (TPSA) is 91.8 Å². The molecule has 1 unspecified atom stereocenters. The molecule has 0 saturated carbocycles. The number of rotatable bonds is 6. The molecule has 1 aliphatic rings. The van der Waals surface area contributed by atoms with Gasteiger partial charge in [-0.3, -0.25) is 14.6 Å². The van der Waals surface area contributed by atoms with Crippen molar-refractivity contribution in [2.45, 2.75) is 44.9 Å². The number of nitrogens with zero attached hydrogens (tertiary/aromatic N) is 2. The van der Waals surface area contributed by atoms with Crippen LogP contribution in [0.2, 0.25) is 0 Å². The molecule has 35 heavy (non-hydrogen) atoms. The van der Waals surface area contributed by atoms with Crippen LogP contribution in [0.25, 0.3) is 0 Å². The first-order valence-electron chi connectivity index (χ1n) is 11.7. The van der Waals surface area contributed by atoms with E-state index in [4.69, 9.17) is 4.74 Å². The fourth-order valence-corrected chi connectivity index (χ4v) is 4.07. The molecule has 2 N–H and O–H groups in total. The van der Waals surface area contributed by atoms with Crippen LogP contribution in [0, 0.1) is 0 Å². The van der Waals surface area contributed by atoms with Gasteiger partial charge in [0.1, 0.15) is 12.7 Å². The lowest BCUT2D eigenvalue weighted by Crippen LogP contribution is -2.51. The summed E-state index contributed by atoms with van der Waals surface area (Å²) in [5.74, 6) is -0.390. The van der Waals surface area contributed by atoms with E-state index in [1.165, 1.54) is 0 Å². The van der Waals surface area contributed by atoms with Crippen molar-refractivity contribution >= 4 is 17.5 Å². The van der Waals surface area contributed by atoms with Crippen LogP contribution in [0.3, 0.4) is 0 Å². The summed E-state index contributed by atoms with van der Waals surface area (Å²) >= 11 is 0. The first-order valence-corrected chi connectivity index (χ1v) is 11.7. The summed E-state index contributed by atoms with van der Waals surface area (Å²) in [4.78, 5) is 31.1. The van der Waals surface area contributed by atoms with Gasteiger partial charge in [-0.15, -0.1) is 0 Å². The lowest BCUT2D eigenvalue weighted by atomic mass is 9.87. The number of carbonyl (C=O) groups excluding carboxylic acids is 2. The summed E-state index contributed by atoms with van der Waals surface area (Å²) in [6, 6.07) is 19.6. The lowest BCUT2D eigenvalue weighted by Gasteiger charge is -2.38. The third-order valence-corrected chi connectivity index (χ3v) is 6.18. The van der Waals surface area contributed by atoms with Gasteiger partial charge in [-0.25, -0.2) is 0 Å². The maximum Gasteiger partial charge on any atom is 0.255 e. The molecule has 0 aliphatic carbocycles. The van der Waals surface area contributed by atoms with Crippen molar-refractivity contribution in [3.63, 3.8) is 0 Å². The normalized spacial score (nSPS) is 17.2. The van der Waals surface area contributed by atoms with Crippen molar-refractivity contribution in [1.29, 1.82) is 0 Å². The Labute approximate surface area is 205 Å². The van der Waals surface area contributed by atoms with E-state index in [0.717, 1.165) is 11.3 Å². The van der Waals surface area contributed by atoms with E-state index < -0.39 is 12.1 Å². The Morgan fingerprint density at radius 3 is 2.46 bits per heavy atom. The van der Waals surface area contributed by atoms with Crippen molar-refractivity contribution < 1.29 is 19.4 Å². The van der Waals surface area contributed by atoms with Crippen LogP contribution in [0.1, 0.15) is 54.1 Å². The highest BCUT2D eigenvalue weighted by Gasteiger charge is 2.35. The van der Waals surface area contributed by atoms with E-state index in [9.17, 15) is 14.7 Å². The van der Waals surface area contributed by atoms with Gasteiger partial charge in [-0.05, 0) is 52.9 Å². The second-order valence-electron chi connectivity index (χ2n) is 9.77. The zero-order chi connectivity index (χ0) is 25.0.